The SMILES string of the molecule is CC(C)(C)[C@H](c1ccc(F)c(C#N)c1O)N1CCNCC1.Cl.Cl. The average molecular weight is 364 g/mol. The minimum Gasteiger partial charge on any atom is -0.506 e. The van der Waals surface area contributed by atoms with Gasteiger partial charge >= 0.3 is 0 Å². The Bertz CT molecular complexity index is 564. The molecule has 0 unspecified atom stereocenters. The topological polar surface area (TPSA) is 59.3 Å². The van der Waals surface area contributed by atoms with Gasteiger partial charge < -0.3 is 10.4 Å². The average Bonchev–Trinajstić information content (AvgIpc) is 2.42. The highest BCUT2D eigenvalue weighted by molar-refractivity contribution is 5.85. The molecule has 1 aromatic carbocycles. The molecule has 7 heteroatoms. The molecule has 0 aliphatic carbocycles. The second kappa shape index (κ2) is 8.70. The Morgan fingerprint density at radius 3 is 2.30 bits per heavy atom. The summed E-state index contributed by atoms with van der Waals surface area (Å²) < 4.78 is 13.6. The summed E-state index contributed by atoms with van der Waals surface area (Å²) in [5.41, 5.74) is 0.221. The lowest BCUT2D eigenvalue weighted by Gasteiger charge is -2.42. The number of hydrogen-bond donors (Lipinski definition) is 2. The Morgan fingerprint density at radius 2 is 1.83 bits per heavy atom. The molecule has 0 radical (unpaired) electrons. The third-order valence-electron chi connectivity index (χ3n) is 3.90. The standard InChI is InChI=1S/C16H22FN3O.2ClH/c1-16(2,3)15(20-8-6-19-7-9-20)11-4-5-13(17)12(10-18)14(11)21;;/h4-5,15,19,21H,6-9H2,1-3H3;2*1H/t15-;;/m0../s1. The van der Waals surface area contributed by atoms with Crippen molar-refractivity contribution in [3.8, 4) is 11.8 Å². The molecular formula is C16H24Cl2FN3O. The van der Waals surface area contributed by atoms with Crippen molar-refractivity contribution in [1.82, 2.24) is 10.2 Å². The zero-order valence-corrected chi connectivity index (χ0v) is 15.2. The zero-order chi connectivity index (χ0) is 15.6. The van der Waals surface area contributed by atoms with E-state index in [4.69, 9.17) is 5.26 Å². The predicted octanol–water partition coefficient (Wildman–Crippen LogP) is 3.24. The second-order valence-electron chi connectivity index (χ2n) is 6.53. The highest BCUT2D eigenvalue weighted by Crippen LogP contribution is 2.43. The first-order chi connectivity index (χ1) is 9.86. The Hall–Kier alpha value is -1.06. The maximum atomic E-state index is 13.6. The molecule has 1 atom stereocenters. The van der Waals surface area contributed by atoms with Crippen molar-refractivity contribution >= 4 is 24.8 Å². The van der Waals surface area contributed by atoms with E-state index in [0.29, 0.717) is 5.56 Å². The van der Waals surface area contributed by atoms with Gasteiger partial charge in [0.25, 0.3) is 0 Å². The first-order valence-corrected chi connectivity index (χ1v) is 7.22. The van der Waals surface area contributed by atoms with Crippen LogP contribution >= 0.6 is 24.8 Å². The predicted molar refractivity (Wildman–Crippen MR) is 93.9 cm³/mol. The molecule has 2 rings (SSSR count). The van der Waals surface area contributed by atoms with Crippen LogP contribution in [0.5, 0.6) is 5.75 Å². The van der Waals surface area contributed by atoms with Crippen LogP contribution in [0.15, 0.2) is 12.1 Å². The van der Waals surface area contributed by atoms with Gasteiger partial charge in [0, 0.05) is 37.8 Å². The van der Waals surface area contributed by atoms with Crippen LogP contribution in [-0.2, 0) is 0 Å². The molecule has 1 saturated heterocycles. The molecular weight excluding hydrogens is 340 g/mol. The highest BCUT2D eigenvalue weighted by Gasteiger charge is 2.35. The zero-order valence-electron chi connectivity index (χ0n) is 13.6. The van der Waals surface area contributed by atoms with E-state index in [9.17, 15) is 9.50 Å². The molecule has 130 valence electrons. The van der Waals surface area contributed by atoms with Gasteiger partial charge in [0.1, 0.15) is 23.2 Å². The Labute approximate surface area is 149 Å². The molecule has 0 saturated carbocycles. The Balaban J connectivity index is 0.00000242. The summed E-state index contributed by atoms with van der Waals surface area (Å²) >= 11 is 0. The summed E-state index contributed by atoms with van der Waals surface area (Å²) in [6.45, 7) is 9.78. The number of benzene rings is 1. The molecule has 0 amide bonds. The van der Waals surface area contributed by atoms with Crippen molar-refractivity contribution in [3.05, 3.63) is 29.1 Å². The van der Waals surface area contributed by atoms with Crippen molar-refractivity contribution in [2.45, 2.75) is 26.8 Å². The lowest BCUT2D eigenvalue weighted by atomic mass is 9.80. The molecule has 1 aliphatic heterocycles. The van der Waals surface area contributed by atoms with E-state index in [2.05, 4.69) is 31.0 Å². The van der Waals surface area contributed by atoms with Gasteiger partial charge in [0.15, 0.2) is 0 Å². The summed E-state index contributed by atoms with van der Waals surface area (Å²) in [6, 6.07) is 4.57. The van der Waals surface area contributed by atoms with E-state index in [0.717, 1.165) is 26.2 Å². The van der Waals surface area contributed by atoms with Gasteiger partial charge in [-0.05, 0) is 11.5 Å². The number of rotatable bonds is 2. The third kappa shape index (κ3) is 4.71. The van der Waals surface area contributed by atoms with Crippen molar-refractivity contribution in [2.24, 2.45) is 5.41 Å². The molecule has 0 bridgehead atoms. The molecule has 1 aromatic rings. The molecule has 1 heterocycles. The molecule has 2 N–H and O–H groups in total. The number of piperazine rings is 1. The lowest BCUT2D eigenvalue weighted by molar-refractivity contribution is 0.0841. The fourth-order valence-corrected chi connectivity index (χ4v) is 3.06. The Kier molecular flexibility index (Phi) is 8.30. The summed E-state index contributed by atoms with van der Waals surface area (Å²) in [5.74, 6) is -0.900. The minimum atomic E-state index is -0.674. The summed E-state index contributed by atoms with van der Waals surface area (Å²) in [5, 5.41) is 22.7. The summed E-state index contributed by atoms with van der Waals surface area (Å²) in [7, 11) is 0. The minimum absolute atomic E-state index is 0. The lowest BCUT2D eigenvalue weighted by Crippen LogP contribution is -2.48. The van der Waals surface area contributed by atoms with Crippen LogP contribution in [-0.4, -0.2) is 36.2 Å². The second-order valence-corrected chi connectivity index (χ2v) is 6.53. The highest BCUT2D eigenvalue weighted by atomic mass is 35.5. The van der Waals surface area contributed by atoms with E-state index in [1.165, 1.54) is 6.07 Å². The van der Waals surface area contributed by atoms with Crippen LogP contribution in [0, 0.1) is 22.6 Å². The number of aromatic hydroxyl groups is 1. The monoisotopic (exact) mass is 363 g/mol. The van der Waals surface area contributed by atoms with Crippen LogP contribution in [0.4, 0.5) is 4.39 Å². The largest absolute Gasteiger partial charge is 0.506 e. The van der Waals surface area contributed by atoms with Crippen molar-refractivity contribution in [3.63, 3.8) is 0 Å². The molecule has 0 aromatic heterocycles. The number of phenolic OH excluding ortho intramolecular Hbond substituents is 1. The normalized spacial score (nSPS) is 16.7. The van der Waals surface area contributed by atoms with Crippen molar-refractivity contribution in [1.29, 1.82) is 5.26 Å². The third-order valence-corrected chi connectivity index (χ3v) is 3.90. The van der Waals surface area contributed by atoms with Gasteiger partial charge in [-0.1, -0.05) is 26.8 Å². The quantitative estimate of drug-likeness (QED) is 0.846. The molecule has 1 fully saturated rings. The van der Waals surface area contributed by atoms with E-state index in [-0.39, 0.29) is 47.6 Å². The van der Waals surface area contributed by atoms with Crippen molar-refractivity contribution in [2.75, 3.05) is 26.2 Å². The maximum absolute atomic E-state index is 13.6. The molecule has 0 spiro atoms. The molecule has 23 heavy (non-hydrogen) atoms. The smallest absolute Gasteiger partial charge is 0.144 e. The number of phenols is 1. The van der Waals surface area contributed by atoms with E-state index < -0.39 is 5.82 Å². The number of nitrogens with one attached hydrogen (secondary N) is 1. The maximum Gasteiger partial charge on any atom is 0.144 e. The van der Waals surface area contributed by atoms with Crippen LogP contribution in [0.3, 0.4) is 0 Å². The van der Waals surface area contributed by atoms with Gasteiger partial charge in [-0.15, -0.1) is 24.8 Å². The fraction of sp³-hybridized carbons (Fsp3) is 0.562. The number of hydrogen-bond acceptors (Lipinski definition) is 4. The van der Waals surface area contributed by atoms with Gasteiger partial charge in [0.05, 0.1) is 0 Å². The van der Waals surface area contributed by atoms with Crippen molar-refractivity contribution < 1.29 is 9.50 Å². The number of halogens is 3. The van der Waals surface area contributed by atoms with Gasteiger partial charge in [-0.25, -0.2) is 4.39 Å². The first-order valence-electron chi connectivity index (χ1n) is 7.22. The summed E-state index contributed by atoms with van der Waals surface area (Å²) in [6.07, 6.45) is 0. The number of nitriles is 1. The molecule has 1 aliphatic rings. The van der Waals surface area contributed by atoms with Crippen LogP contribution in [0.25, 0.3) is 0 Å². The van der Waals surface area contributed by atoms with Crippen LogP contribution in [0.1, 0.15) is 37.9 Å². The van der Waals surface area contributed by atoms with Gasteiger partial charge in [-0.3, -0.25) is 4.90 Å². The van der Waals surface area contributed by atoms with Gasteiger partial charge in [-0.2, -0.15) is 5.26 Å². The summed E-state index contributed by atoms with van der Waals surface area (Å²) in [4.78, 5) is 2.28. The van der Waals surface area contributed by atoms with E-state index in [1.54, 1.807) is 12.1 Å². The van der Waals surface area contributed by atoms with Gasteiger partial charge in [0.2, 0.25) is 0 Å². The first kappa shape index (κ1) is 21.9. The number of nitrogens with zero attached hydrogens (tertiary/aromatic N) is 2. The van der Waals surface area contributed by atoms with E-state index >= 15 is 0 Å². The molecule has 4 nitrogen and oxygen atoms in total. The van der Waals surface area contributed by atoms with Crippen LogP contribution < -0.4 is 5.32 Å². The fourth-order valence-electron chi connectivity index (χ4n) is 3.06. The van der Waals surface area contributed by atoms with Crippen LogP contribution in [0.2, 0.25) is 0 Å². The Morgan fingerprint density at radius 1 is 1.26 bits per heavy atom. The van der Waals surface area contributed by atoms with E-state index in [1.807, 2.05) is 0 Å².